The molecule has 0 atom stereocenters. The smallest absolute Gasteiger partial charge is 0.417 e. The van der Waals surface area contributed by atoms with Crippen molar-refractivity contribution in [2.75, 3.05) is 0 Å². The lowest BCUT2D eigenvalue weighted by Crippen LogP contribution is -2.06. The lowest BCUT2D eigenvalue weighted by Gasteiger charge is -2.12. The molecule has 0 fully saturated rings. The molecule has 0 radical (unpaired) electrons. The molecule has 0 saturated carbocycles. The number of carbonyl (C=O) groups is 1. The molecule has 0 aliphatic carbocycles. The summed E-state index contributed by atoms with van der Waals surface area (Å²) in [7, 11) is 0. The van der Waals surface area contributed by atoms with E-state index < -0.39 is 34.3 Å². The molecule has 2 aromatic carbocycles. The van der Waals surface area contributed by atoms with Gasteiger partial charge in [0.2, 0.25) is 0 Å². The number of carboxylic acid groups (broad SMARTS) is 1. The van der Waals surface area contributed by atoms with Gasteiger partial charge in [-0.05, 0) is 36.4 Å². The van der Waals surface area contributed by atoms with E-state index in [1.165, 1.54) is 0 Å². The zero-order chi connectivity index (χ0) is 16.5. The molecule has 0 heterocycles. The van der Waals surface area contributed by atoms with Crippen LogP contribution in [0.2, 0.25) is 5.02 Å². The van der Waals surface area contributed by atoms with Crippen LogP contribution in [0.5, 0.6) is 11.5 Å². The van der Waals surface area contributed by atoms with E-state index in [-0.39, 0.29) is 11.3 Å². The SMILES string of the molecule is O=C(O)c1ccc(Oc2ccc(Cl)c(C(F)(F)F)c2)c(F)c1. The standard InChI is InChI=1S/C14H7ClF4O3/c15-10-3-2-8(6-9(10)14(17,18)19)22-12-4-1-7(13(20)21)5-11(12)16/h1-6H,(H,20,21). The van der Waals surface area contributed by atoms with Crippen molar-refractivity contribution in [3.8, 4) is 11.5 Å². The second kappa shape index (κ2) is 5.84. The van der Waals surface area contributed by atoms with Crippen LogP contribution in [0, 0.1) is 5.82 Å². The predicted molar refractivity (Wildman–Crippen MR) is 69.9 cm³/mol. The lowest BCUT2D eigenvalue weighted by molar-refractivity contribution is -0.137. The molecule has 0 amide bonds. The first kappa shape index (κ1) is 16.1. The molecule has 3 nitrogen and oxygen atoms in total. The molecule has 116 valence electrons. The first-order chi connectivity index (χ1) is 10.2. The molecule has 22 heavy (non-hydrogen) atoms. The van der Waals surface area contributed by atoms with Crippen LogP contribution >= 0.6 is 11.6 Å². The summed E-state index contributed by atoms with van der Waals surface area (Å²) in [5.74, 6) is -3.03. The number of aromatic carboxylic acids is 1. The Labute approximate surface area is 126 Å². The predicted octanol–water partition coefficient (Wildman–Crippen LogP) is 4.99. The largest absolute Gasteiger partial charge is 0.478 e. The molecule has 0 aliphatic rings. The minimum atomic E-state index is -4.68. The number of hydrogen-bond acceptors (Lipinski definition) is 2. The van der Waals surface area contributed by atoms with Crippen LogP contribution in [-0.4, -0.2) is 11.1 Å². The van der Waals surface area contributed by atoms with Gasteiger partial charge in [0.25, 0.3) is 0 Å². The van der Waals surface area contributed by atoms with Crippen molar-refractivity contribution in [3.63, 3.8) is 0 Å². The maximum Gasteiger partial charge on any atom is 0.417 e. The number of carboxylic acids is 1. The molecular formula is C14H7ClF4O3. The molecule has 0 saturated heterocycles. The van der Waals surface area contributed by atoms with Gasteiger partial charge in [0.15, 0.2) is 11.6 Å². The van der Waals surface area contributed by atoms with Gasteiger partial charge in [-0.2, -0.15) is 13.2 Å². The Morgan fingerprint density at radius 2 is 1.82 bits per heavy atom. The van der Waals surface area contributed by atoms with Crippen LogP contribution in [0.3, 0.4) is 0 Å². The van der Waals surface area contributed by atoms with Gasteiger partial charge in [0.1, 0.15) is 5.75 Å². The Kier molecular flexibility index (Phi) is 4.27. The molecular weight excluding hydrogens is 328 g/mol. The summed E-state index contributed by atoms with van der Waals surface area (Å²) in [5, 5.41) is 8.19. The zero-order valence-corrected chi connectivity index (χ0v) is 11.4. The maximum absolute atomic E-state index is 13.7. The van der Waals surface area contributed by atoms with Crippen molar-refractivity contribution < 1.29 is 32.2 Å². The molecule has 0 aliphatic heterocycles. The van der Waals surface area contributed by atoms with Crippen LogP contribution in [-0.2, 0) is 6.18 Å². The van der Waals surface area contributed by atoms with Crippen LogP contribution < -0.4 is 4.74 Å². The molecule has 2 rings (SSSR count). The molecule has 0 spiro atoms. The van der Waals surface area contributed by atoms with E-state index in [1.54, 1.807) is 0 Å². The fourth-order valence-electron chi connectivity index (χ4n) is 1.63. The van der Waals surface area contributed by atoms with E-state index in [1.807, 2.05) is 0 Å². The van der Waals surface area contributed by atoms with Crippen LogP contribution in [0.4, 0.5) is 17.6 Å². The third-order valence-corrected chi connectivity index (χ3v) is 2.98. The van der Waals surface area contributed by atoms with Gasteiger partial charge in [-0.3, -0.25) is 0 Å². The van der Waals surface area contributed by atoms with Crippen molar-refractivity contribution in [2.24, 2.45) is 0 Å². The van der Waals surface area contributed by atoms with Gasteiger partial charge < -0.3 is 9.84 Å². The summed E-state index contributed by atoms with van der Waals surface area (Å²) in [6.45, 7) is 0. The highest BCUT2D eigenvalue weighted by Gasteiger charge is 2.33. The topological polar surface area (TPSA) is 46.5 Å². The van der Waals surface area contributed by atoms with Crippen LogP contribution in [0.1, 0.15) is 15.9 Å². The van der Waals surface area contributed by atoms with Gasteiger partial charge in [0, 0.05) is 0 Å². The molecule has 0 aromatic heterocycles. The van der Waals surface area contributed by atoms with Gasteiger partial charge in [-0.15, -0.1) is 0 Å². The average molecular weight is 335 g/mol. The molecule has 0 unspecified atom stereocenters. The maximum atomic E-state index is 13.7. The van der Waals surface area contributed by atoms with E-state index in [0.717, 1.165) is 24.3 Å². The van der Waals surface area contributed by atoms with E-state index >= 15 is 0 Å². The molecule has 2 aromatic rings. The average Bonchev–Trinajstić information content (AvgIpc) is 2.41. The highest BCUT2D eigenvalue weighted by Crippen LogP contribution is 2.38. The minimum absolute atomic E-state index is 0.279. The second-order valence-corrected chi connectivity index (χ2v) is 4.60. The molecule has 1 N–H and O–H groups in total. The van der Waals surface area contributed by atoms with Gasteiger partial charge in [0.05, 0.1) is 16.1 Å². The first-order valence-corrected chi connectivity index (χ1v) is 6.13. The third-order valence-electron chi connectivity index (χ3n) is 2.65. The Morgan fingerprint density at radius 3 is 2.36 bits per heavy atom. The number of halogens is 5. The summed E-state index contributed by atoms with van der Waals surface area (Å²) in [6.07, 6.45) is -4.68. The summed E-state index contributed by atoms with van der Waals surface area (Å²) >= 11 is 5.46. The van der Waals surface area contributed by atoms with E-state index in [0.29, 0.717) is 12.1 Å². The van der Waals surface area contributed by atoms with Crippen molar-refractivity contribution in [3.05, 3.63) is 58.4 Å². The van der Waals surface area contributed by atoms with E-state index in [9.17, 15) is 22.4 Å². The zero-order valence-electron chi connectivity index (χ0n) is 10.6. The van der Waals surface area contributed by atoms with Crippen molar-refractivity contribution >= 4 is 17.6 Å². The number of alkyl halides is 3. The fraction of sp³-hybridized carbons (Fsp3) is 0.0714. The third kappa shape index (κ3) is 3.48. The summed E-state index contributed by atoms with van der Waals surface area (Å²) in [4.78, 5) is 10.7. The number of ether oxygens (including phenoxy) is 1. The van der Waals surface area contributed by atoms with Gasteiger partial charge >= 0.3 is 12.1 Å². The van der Waals surface area contributed by atoms with Crippen molar-refractivity contribution in [1.82, 2.24) is 0 Å². The summed E-state index contributed by atoms with van der Waals surface area (Å²) in [6, 6.07) is 5.54. The van der Waals surface area contributed by atoms with Crippen LogP contribution in [0.15, 0.2) is 36.4 Å². The van der Waals surface area contributed by atoms with Crippen molar-refractivity contribution in [2.45, 2.75) is 6.18 Å². The molecule has 8 heteroatoms. The van der Waals surface area contributed by atoms with Crippen molar-refractivity contribution in [1.29, 1.82) is 0 Å². The van der Waals surface area contributed by atoms with Gasteiger partial charge in [-0.25, -0.2) is 9.18 Å². The number of hydrogen-bond donors (Lipinski definition) is 1. The summed E-state index contributed by atoms with van der Waals surface area (Å²) < 4.78 is 56.8. The first-order valence-electron chi connectivity index (χ1n) is 5.76. The highest BCUT2D eigenvalue weighted by molar-refractivity contribution is 6.31. The van der Waals surface area contributed by atoms with E-state index in [2.05, 4.69) is 0 Å². The molecule has 0 bridgehead atoms. The number of benzene rings is 2. The highest BCUT2D eigenvalue weighted by atomic mass is 35.5. The quantitative estimate of drug-likeness (QED) is 0.804. The Balaban J connectivity index is 2.34. The minimum Gasteiger partial charge on any atom is -0.478 e. The van der Waals surface area contributed by atoms with Gasteiger partial charge in [-0.1, -0.05) is 11.6 Å². The lowest BCUT2D eigenvalue weighted by atomic mass is 10.2. The fourth-order valence-corrected chi connectivity index (χ4v) is 1.85. The Hall–Kier alpha value is -2.28. The second-order valence-electron chi connectivity index (χ2n) is 4.19. The van der Waals surface area contributed by atoms with E-state index in [4.69, 9.17) is 21.4 Å². The van der Waals surface area contributed by atoms with Crippen LogP contribution in [0.25, 0.3) is 0 Å². The summed E-state index contributed by atoms with van der Waals surface area (Å²) in [5.41, 5.74) is -1.42. The normalized spacial score (nSPS) is 11.3. The monoisotopic (exact) mass is 334 g/mol. The Bertz CT molecular complexity index is 729. The Morgan fingerprint density at radius 1 is 1.14 bits per heavy atom. The number of rotatable bonds is 3.